The monoisotopic (exact) mass is 357 g/mol. The summed E-state index contributed by atoms with van der Waals surface area (Å²) in [6.07, 6.45) is 0. The minimum absolute atomic E-state index is 0.504. The quantitative estimate of drug-likeness (QED) is 0.419. The van der Waals surface area contributed by atoms with Crippen molar-refractivity contribution in [1.82, 2.24) is 20.4 Å². The van der Waals surface area contributed by atoms with Crippen LogP contribution in [0.5, 0.6) is 11.5 Å². The average Bonchev–Trinajstić information content (AvgIpc) is 2.57. The number of benzene rings is 2. The Balaban J connectivity index is 2.01. The Morgan fingerprint density at radius 1 is 0.920 bits per heavy atom. The van der Waals surface area contributed by atoms with E-state index < -0.39 is 0 Å². The topological polar surface area (TPSA) is 71.5 Å². The second kappa shape index (κ2) is 7.04. The smallest absolute Gasteiger partial charge is 0.185 e. The molecule has 0 aliphatic heterocycles. The lowest BCUT2D eigenvalue weighted by molar-refractivity contribution is 0.355. The second-order valence-corrected chi connectivity index (χ2v) is 5.99. The van der Waals surface area contributed by atoms with Gasteiger partial charge in [-0.15, -0.1) is 0 Å². The maximum atomic E-state index is 5.33. The van der Waals surface area contributed by atoms with Crippen molar-refractivity contribution < 1.29 is 9.47 Å². The fourth-order valence-electron chi connectivity index (χ4n) is 2.44. The van der Waals surface area contributed by atoms with Gasteiger partial charge in [0.2, 0.25) is 0 Å². The van der Waals surface area contributed by atoms with Crippen LogP contribution in [-0.2, 0) is 0 Å². The number of fused-ring (bicyclic) bond motifs is 2. The molecule has 1 aromatic heterocycles. The Labute approximate surface area is 150 Å². The first-order chi connectivity index (χ1) is 12.0. The van der Waals surface area contributed by atoms with Crippen LogP contribution in [0, 0.1) is 0 Å². The van der Waals surface area contributed by atoms with Gasteiger partial charge in [-0.05, 0) is 30.4 Å². The first kappa shape index (κ1) is 17.1. The Bertz CT molecular complexity index is 945. The molecule has 3 rings (SSSR count). The molecular formula is C17H19N5O2S. The van der Waals surface area contributed by atoms with Gasteiger partial charge >= 0.3 is 0 Å². The van der Waals surface area contributed by atoms with Gasteiger partial charge in [-0.2, -0.15) is 0 Å². The second-order valence-electron chi connectivity index (χ2n) is 5.58. The van der Waals surface area contributed by atoms with Crippen LogP contribution in [0.2, 0.25) is 0 Å². The van der Waals surface area contributed by atoms with E-state index in [4.69, 9.17) is 21.7 Å². The van der Waals surface area contributed by atoms with Gasteiger partial charge in [0.1, 0.15) is 0 Å². The van der Waals surface area contributed by atoms with E-state index in [0.29, 0.717) is 16.6 Å². The molecule has 0 fully saturated rings. The zero-order valence-electron chi connectivity index (χ0n) is 14.5. The van der Waals surface area contributed by atoms with E-state index in [1.807, 2.05) is 44.4 Å². The molecule has 0 amide bonds. The number of hydrazine groups is 1. The molecule has 7 nitrogen and oxygen atoms in total. The van der Waals surface area contributed by atoms with E-state index in [1.165, 1.54) is 0 Å². The van der Waals surface area contributed by atoms with Gasteiger partial charge < -0.3 is 14.8 Å². The Morgan fingerprint density at radius 2 is 1.48 bits per heavy atom. The van der Waals surface area contributed by atoms with Crippen LogP contribution >= 0.6 is 12.2 Å². The molecule has 0 radical (unpaired) electrons. The van der Waals surface area contributed by atoms with Gasteiger partial charge in [0.25, 0.3) is 0 Å². The highest BCUT2D eigenvalue weighted by molar-refractivity contribution is 7.80. The Hall–Kier alpha value is -2.71. The van der Waals surface area contributed by atoms with Crippen LogP contribution in [0.25, 0.3) is 22.1 Å². The molecular weight excluding hydrogens is 338 g/mol. The largest absolute Gasteiger partial charge is 0.493 e. The van der Waals surface area contributed by atoms with Crippen LogP contribution in [0.3, 0.4) is 0 Å². The Morgan fingerprint density at radius 3 is 2.04 bits per heavy atom. The fraction of sp³-hybridized carbons (Fsp3) is 0.235. The molecule has 0 spiro atoms. The average molecular weight is 357 g/mol. The number of thiocarbonyl (C=S) groups is 1. The van der Waals surface area contributed by atoms with Crippen LogP contribution in [-0.4, -0.2) is 48.4 Å². The van der Waals surface area contributed by atoms with Crippen molar-refractivity contribution in [3.63, 3.8) is 0 Å². The van der Waals surface area contributed by atoms with E-state index in [0.717, 1.165) is 27.8 Å². The van der Waals surface area contributed by atoms with Crippen molar-refractivity contribution in [3.8, 4) is 11.5 Å². The molecule has 8 heteroatoms. The number of methoxy groups -OCH3 is 2. The van der Waals surface area contributed by atoms with Crippen molar-refractivity contribution in [3.05, 3.63) is 30.3 Å². The van der Waals surface area contributed by atoms with E-state index in [2.05, 4.69) is 20.7 Å². The molecule has 3 aromatic rings. The first-order valence-corrected chi connectivity index (χ1v) is 7.99. The molecule has 0 bridgehead atoms. The summed E-state index contributed by atoms with van der Waals surface area (Å²) in [5.41, 5.74) is 6.85. The third-order valence-corrected chi connectivity index (χ3v) is 3.71. The third-order valence-electron chi connectivity index (χ3n) is 3.52. The summed E-state index contributed by atoms with van der Waals surface area (Å²) >= 11 is 5.24. The van der Waals surface area contributed by atoms with Gasteiger partial charge in [0.05, 0.1) is 36.3 Å². The number of anilines is 1. The number of nitrogens with one attached hydrogen (secondary N) is 2. The third kappa shape index (κ3) is 3.70. The van der Waals surface area contributed by atoms with E-state index in [-0.39, 0.29) is 0 Å². The van der Waals surface area contributed by atoms with Gasteiger partial charge in [0.15, 0.2) is 16.6 Å². The van der Waals surface area contributed by atoms with Gasteiger partial charge in [-0.1, -0.05) is 0 Å². The van der Waals surface area contributed by atoms with E-state index >= 15 is 0 Å². The molecule has 0 aliphatic carbocycles. The minimum atomic E-state index is 0.504. The molecule has 0 aliphatic rings. The SMILES string of the molecule is COc1cc2nc3ccc(NC(=S)NN(C)C)cc3nc2cc1OC. The lowest BCUT2D eigenvalue weighted by Crippen LogP contribution is -2.38. The maximum Gasteiger partial charge on any atom is 0.185 e. The first-order valence-electron chi connectivity index (χ1n) is 7.58. The zero-order chi connectivity index (χ0) is 18.0. The van der Waals surface area contributed by atoms with Crippen LogP contribution < -0.4 is 20.2 Å². The van der Waals surface area contributed by atoms with Crippen molar-refractivity contribution in [2.75, 3.05) is 33.6 Å². The van der Waals surface area contributed by atoms with Crippen LogP contribution in [0.15, 0.2) is 30.3 Å². The number of nitrogens with zero attached hydrogens (tertiary/aromatic N) is 3. The molecule has 2 aromatic carbocycles. The standard InChI is InChI=1S/C17H19N5O2S/c1-22(2)21-17(25)18-10-5-6-11-12(7-10)20-14-9-16(24-4)15(23-3)8-13(14)19-11/h5-9H,1-4H3,(H2,18,21,25). The van der Waals surface area contributed by atoms with Crippen LogP contribution in [0.4, 0.5) is 5.69 Å². The van der Waals surface area contributed by atoms with E-state index in [1.54, 1.807) is 19.2 Å². The minimum Gasteiger partial charge on any atom is -0.493 e. The van der Waals surface area contributed by atoms with Gasteiger partial charge in [-0.3, -0.25) is 5.43 Å². The molecule has 0 unspecified atom stereocenters. The Kier molecular flexibility index (Phi) is 4.82. The highest BCUT2D eigenvalue weighted by Crippen LogP contribution is 2.31. The molecule has 0 saturated heterocycles. The van der Waals surface area contributed by atoms with Gasteiger partial charge in [-0.25, -0.2) is 15.0 Å². The number of ether oxygens (including phenoxy) is 2. The summed E-state index contributed by atoms with van der Waals surface area (Å²) in [4.78, 5) is 9.33. The number of rotatable bonds is 4. The van der Waals surface area contributed by atoms with Crippen molar-refractivity contribution in [1.29, 1.82) is 0 Å². The molecule has 130 valence electrons. The lowest BCUT2D eigenvalue weighted by atomic mass is 10.2. The normalized spacial score (nSPS) is 10.9. The summed E-state index contributed by atoms with van der Waals surface area (Å²) < 4.78 is 10.7. The van der Waals surface area contributed by atoms with E-state index in [9.17, 15) is 0 Å². The summed E-state index contributed by atoms with van der Waals surface area (Å²) in [7, 11) is 6.93. The van der Waals surface area contributed by atoms with Crippen LogP contribution in [0.1, 0.15) is 0 Å². The zero-order valence-corrected chi connectivity index (χ0v) is 15.3. The summed E-state index contributed by atoms with van der Waals surface area (Å²) in [5, 5.41) is 5.39. The summed E-state index contributed by atoms with van der Waals surface area (Å²) in [6, 6.07) is 9.36. The number of hydrogen-bond donors (Lipinski definition) is 2. The highest BCUT2D eigenvalue weighted by Gasteiger charge is 2.10. The predicted octanol–water partition coefficient (Wildman–Crippen LogP) is 2.56. The molecule has 25 heavy (non-hydrogen) atoms. The van der Waals surface area contributed by atoms with Crippen molar-refractivity contribution >= 4 is 45.1 Å². The number of hydrogen-bond acceptors (Lipinski definition) is 6. The van der Waals surface area contributed by atoms with Gasteiger partial charge in [0, 0.05) is 31.9 Å². The maximum absolute atomic E-state index is 5.33. The molecule has 0 atom stereocenters. The lowest BCUT2D eigenvalue weighted by Gasteiger charge is -2.15. The highest BCUT2D eigenvalue weighted by atomic mass is 32.1. The van der Waals surface area contributed by atoms with Crippen molar-refractivity contribution in [2.45, 2.75) is 0 Å². The molecule has 2 N–H and O–H groups in total. The summed E-state index contributed by atoms with van der Waals surface area (Å²) in [6.45, 7) is 0. The molecule has 1 heterocycles. The number of aromatic nitrogens is 2. The van der Waals surface area contributed by atoms with Crippen molar-refractivity contribution in [2.24, 2.45) is 0 Å². The summed E-state index contributed by atoms with van der Waals surface area (Å²) in [5.74, 6) is 1.25. The molecule has 0 saturated carbocycles. The fourth-order valence-corrected chi connectivity index (χ4v) is 2.74. The predicted molar refractivity (Wildman–Crippen MR) is 103 cm³/mol.